The van der Waals surface area contributed by atoms with E-state index in [4.69, 9.17) is 24.5 Å². The van der Waals surface area contributed by atoms with Gasteiger partial charge >= 0.3 is 0 Å². The van der Waals surface area contributed by atoms with E-state index in [2.05, 4.69) is 51.5 Å². The highest BCUT2D eigenvalue weighted by molar-refractivity contribution is 7.13. The number of anilines is 3. The van der Waals surface area contributed by atoms with Crippen LogP contribution in [0.25, 0.3) is 27.8 Å². The fourth-order valence-corrected chi connectivity index (χ4v) is 11.7. The van der Waals surface area contributed by atoms with Crippen molar-refractivity contribution in [1.82, 2.24) is 40.5 Å². The van der Waals surface area contributed by atoms with Crippen molar-refractivity contribution < 1.29 is 38.5 Å². The first-order chi connectivity index (χ1) is 37.4. The van der Waals surface area contributed by atoms with Crippen LogP contribution in [-0.2, 0) is 16.1 Å². The molecule has 5 atom stereocenters. The number of aromatic hydroxyl groups is 1. The fraction of sp³-hybridized carbons (Fsp3) is 0.368. The molecule has 19 nitrogen and oxygen atoms in total. The van der Waals surface area contributed by atoms with Gasteiger partial charge in [-0.15, -0.1) is 21.5 Å². The van der Waals surface area contributed by atoms with Gasteiger partial charge in [-0.05, 0) is 90.5 Å². The number of hydrogen-bond donors (Lipinski definition) is 4. The molecule has 2 amide bonds. The van der Waals surface area contributed by atoms with E-state index < -0.39 is 18.1 Å². The molecule has 77 heavy (non-hydrogen) atoms. The van der Waals surface area contributed by atoms with E-state index in [1.165, 1.54) is 4.90 Å². The van der Waals surface area contributed by atoms with Crippen LogP contribution in [0.2, 0.25) is 0 Å². The summed E-state index contributed by atoms with van der Waals surface area (Å²) in [4.78, 5) is 48.4. The van der Waals surface area contributed by atoms with Gasteiger partial charge < -0.3 is 54.7 Å². The monoisotopic (exact) mass is 1060 g/mol. The molecule has 5 aromatic heterocycles. The first kappa shape index (κ1) is 51.0. The number of aliphatic hydroxyl groups is 1. The lowest BCUT2D eigenvalue weighted by atomic mass is 9.91. The minimum absolute atomic E-state index is 0.00908. The van der Waals surface area contributed by atoms with Gasteiger partial charge in [0.05, 0.1) is 45.5 Å². The van der Waals surface area contributed by atoms with Gasteiger partial charge in [0.1, 0.15) is 42.3 Å². The minimum Gasteiger partial charge on any atom is -0.507 e. The van der Waals surface area contributed by atoms with Crippen molar-refractivity contribution in [2.45, 2.75) is 102 Å². The second-order valence-electron chi connectivity index (χ2n) is 20.5. The van der Waals surface area contributed by atoms with Crippen LogP contribution in [0.5, 0.6) is 23.3 Å². The maximum atomic E-state index is 14.1. The van der Waals surface area contributed by atoms with Gasteiger partial charge in [-0.3, -0.25) is 14.6 Å². The Bertz CT molecular complexity index is 3220. The third kappa shape index (κ3) is 11.2. The van der Waals surface area contributed by atoms with Crippen molar-refractivity contribution in [1.29, 1.82) is 0 Å². The third-order valence-electron chi connectivity index (χ3n) is 14.9. The molecule has 2 unspecified atom stereocenters. The summed E-state index contributed by atoms with van der Waals surface area (Å²) in [5.41, 5.74) is 15.0. The standard InChI is InChI=1S/C57H61N11O8S/c1-33(2)53(57(72)67-31-41(69)22-48(67)56(71)61-27-35-10-12-36(13-11-35)54-34(3)62-32-77-54)50-26-52(65-76-50)73-20-6-7-37-14-17-42(28-60-37)74-43-23-44(24-43)75-51-21-38(18-19-59-51)68-39-15-16-40(68)30-66(29-39)47-25-46(63-64-55(47)58)45-8-4-5-9-49(45)70/h4-14,17-19,21,25-26,28,32-33,39-41,43-44,48,53,69-70H,15-16,20,22-24,27,29-31H2,1-3H3,(H2,58,64)(H,61,71)/t39-,40?,41-,43?,44?,48+,53?/m1/s1. The molecule has 4 fully saturated rings. The largest absolute Gasteiger partial charge is 0.507 e. The molecule has 0 radical (unpaired) electrons. The number of thiazole rings is 1. The summed E-state index contributed by atoms with van der Waals surface area (Å²) in [6.45, 7) is 7.81. The number of nitrogens with one attached hydrogen (secondary N) is 1. The Kier molecular flexibility index (Phi) is 14.7. The lowest BCUT2D eigenvalue weighted by molar-refractivity contribution is -0.141. The fourth-order valence-electron chi connectivity index (χ4n) is 10.9. The molecule has 2 bridgehead atoms. The second kappa shape index (κ2) is 22.2. The van der Waals surface area contributed by atoms with Crippen LogP contribution in [-0.4, -0.2) is 120 Å². The molecule has 4 aliphatic rings. The Morgan fingerprint density at radius 3 is 2.44 bits per heavy atom. The smallest absolute Gasteiger partial charge is 0.254 e. The molecule has 2 aromatic carbocycles. The van der Waals surface area contributed by atoms with Gasteiger partial charge in [0.25, 0.3) is 5.88 Å². The molecule has 7 aromatic rings. The number of nitrogens with zero attached hydrogens (tertiary/aromatic N) is 9. The van der Waals surface area contributed by atoms with Crippen LogP contribution in [0, 0.1) is 12.8 Å². The molecule has 11 rings (SSSR count). The molecular formula is C57H61N11O8S. The first-order valence-electron chi connectivity index (χ1n) is 26.1. The number of benzene rings is 2. The number of hydrogen-bond acceptors (Lipinski definition) is 18. The number of phenols is 1. The van der Waals surface area contributed by atoms with E-state index in [0.29, 0.717) is 40.2 Å². The number of likely N-dealkylation sites (tertiary alicyclic amines) is 1. The Balaban J connectivity index is 0.619. The van der Waals surface area contributed by atoms with Gasteiger partial charge in [-0.2, -0.15) is 0 Å². The Hall–Kier alpha value is -8.10. The number of nitrogen functional groups attached to an aromatic ring is 1. The van der Waals surface area contributed by atoms with E-state index in [1.54, 1.807) is 41.8 Å². The topological polar surface area (TPSA) is 241 Å². The molecule has 0 spiro atoms. The van der Waals surface area contributed by atoms with Crippen molar-refractivity contribution in [3.8, 4) is 45.0 Å². The number of para-hydroxylation sites is 1. The number of carbonyl (C=O) groups excluding carboxylic acids is 2. The zero-order chi connectivity index (χ0) is 53.2. The number of pyridine rings is 2. The molecular weight excluding hydrogens is 999 g/mol. The van der Waals surface area contributed by atoms with E-state index in [9.17, 15) is 19.8 Å². The zero-order valence-electron chi connectivity index (χ0n) is 43.0. The molecule has 1 saturated carbocycles. The molecule has 20 heteroatoms. The van der Waals surface area contributed by atoms with Crippen LogP contribution >= 0.6 is 11.3 Å². The van der Waals surface area contributed by atoms with E-state index in [1.807, 2.05) is 99.2 Å². The van der Waals surface area contributed by atoms with E-state index in [-0.39, 0.29) is 79.8 Å². The van der Waals surface area contributed by atoms with Crippen molar-refractivity contribution in [2.24, 2.45) is 5.92 Å². The highest BCUT2D eigenvalue weighted by Gasteiger charge is 2.44. The van der Waals surface area contributed by atoms with Crippen molar-refractivity contribution in [3.05, 3.63) is 132 Å². The van der Waals surface area contributed by atoms with Crippen LogP contribution in [0.3, 0.4) is 0 Å². The van der Waals surface area contributed by atoms with Crippen LogP contribution in [0.4, 0.5) is 17.2 Å². The molecule has 3 saturated heterocycles. The molecule has 8 heterocycles. The average Bonchev–Trinajstić information content (AvgIpc) is 4.30. The molecule has 1 aliphatic carbocycles. The highest BCUT2D eigenvalue weighted by Crippen LogP contribution is 2.41. The second-order valence-corrected chi connectivity index (χ2v) is 21.4. The maximum absolute atomic E-state index is 14.1. The number of β-amino-alcohol motifs (C(OH)–C–C–N with tert-alkyl or cyclic N) is 1. The number of aromatic nitrogens is 6. The normalized spacial score (nSPS) is 21.3. The van der Waals surface area contributed by atoms with Gasteiger partial charge in [0.2, 0.25) is 17.7 Å². The molecule has 398 valence electrons. The van der Waals surface area contributed by atoms with Crippen LogP contribution < -0.4 is 35.1 Å². The predicted octanol–water partition coefficient (Wildman–Crippen LogP) is 7.60. The number of piperazine rings is 1. The van der Waals surface area contributed by atoms with Gasteiger partial charge in [0, 0.05) is 87.1 Å². The number of aryl methyl sites for hydroxylation is 1. The quantitative estimate of drug-likeness (QED) is 0.0647. The maximum Gasteiger partial charge on any atom is 0.254 e. The van der Waals surface area contributed by atoms with Gasteiger partial charge in [-0.1, -0.05) is 50.2 Å². The van der Waals surface area contributed by atoms with E-state index >= 15 is 0 Å². The van der Waals surface area contributed by atoms with Gasteiger partial charge in [-0.25, -0.2) is 9.97 Å². The van der Waals surface area contributed by atoms with Crippen molar-refractivity contribution in [3.63, 3.8) is 0 Å². The summed E-state index contributed by atoms with van der Waals surface area (Å²) in [7, 11) is 0. The number of amides is 2. The Morgan fingerprint density at radius 2 is 1.70 bits per heavy atom. The third-order valence-corrected chi connectivity index (χ3v) is 15.9. The number of nitrogens with two attached hydrogens (primary N) is 1. The Labute approximate surface area is 449 Å². The summed E-state index contributed by atoms with van der Waals surface area (Å²) in [5.74, 6) is 0.704. The number of ether oxygens (including phenoxy) is 3. The minimum atomic E-state index is -0.835. The van der Waals surface area contributed by atoms with E-state index in [0.717, 1.165) is 71.8 Å². The number of fused-ring (bicyclic) bond motifs is 2. The summed E-state index contributed by atoms with van der Waals surface area (Å²) in [6.07, 6.45) is 9.97. The SMILES string of the molecule is Cc1ncsc1-c1ccc(CNC(=O)[C@@H]2C[C@@H](O)CN2C(=O)C(c2cc(OCC=Cc3ccc(OC4CC(Oc5cc(N6C7CC[C@@H]6CN(c6cc(-c8ccccc8O)nnc6N)C7)ccn5)C4)cn3)no2)C(C)C)cc1. The zero-order valence-corrected chi connectivity index (χ0v) is 43.8. The van der Waals surface area contributed by atoms with Gasteiger partial charge in [0.15, 0.2) is 11.6 Å². The number of phenolic OH excluding ortho intramolecular Hbond substituents is 1. The summed E-state index contributed by atoms with van der Waals surface area (Å²) in [6, 6.07) is 26.1. The average molecular weight is 1060 g/mol. The first-order valence-corrected chi connectivity index (χ1v) is 27.0. The summed E-state index contributed by atoms with van der Waals surface area (Å²) < 4.78 is 24.1. The number of carbonyl (C=O) groups is 2. The summed E-state index contributed by atoms with van der Waals surface area (Å²) >= 11 is 1.58. The predicted molar refractivity (Wildman–Crippen MR) is 290 cm³/mol. The van der Waals surface area contributed by atoms with Crippen LogP contribution in [0.15, 0.2) is 113 Å². The molecule has 3 aliphatic heterocycles. The van der Waals surface area contributed by atoms with Crippen molar-refractivity contribution in [2.75, 3.05) is 41.8 Å². The highest BCUT2D eigenvalue weighted by atomic mass is 32.1. The lowest BCUT2D eigenvalue weighted by Gasteiger charge is -2.43. The Morgan fingerprint density at radius 1 is 0.909 bits per heavy atom. The van der Waals surface area contributed by atoms with Crippen LogP contribution in [0.1, 0.15) is 74.6 Å². The number of aliphatic hydroxyl groups excluding tert-OH is 1. The lowest BCUT2D eigenvalue weighted by Crippen LogP contribution is -2.54. The van der Waals surface area contributed by atoms with Crippen molar-refractivity contribution >= 4 is 46.4 Å². The summed E-state index contributed by atoms with van der Waals surface area (Å²) in [5, 5.41) is 36.7. The molecule has 5 N–H and O–H groups in total. The number of rotatable bonds is 18.